The highest BCUT2D eigenvalue weighted by Crippen LogP contribution is 2.56. The summed E-state index contributed by atoms with van der Waals surface area (Å²) < 4.78 is 41.9. The average molecular weight is 1320 g/mol. The van der Waals surface area contributed by atoms with Gasteiger partial charge >= 0.3 is 6.18 Å². The standard InChI is InChI=1S/C97H67F3N2/c1-95(2)83-31-19-18-26-71(83)72-46-40-67(55-85(72)95)92-77-30-17-15-28-75(77)90(79-49-39-65(54-82(79)92)59-22-10-6-11-23-59)69-43-51-87-88(57-69)102-93(62-24-12-7-13-25-62)94(101-87)63-34-32-60(33-35-63)66-42-50-84-80(52-66)73-47-41-68(56-86(73)96(84,3)4)91-76-29-16-14-27-74(76)89(61-36-44-70(45-37-61)97(98,99)100)78-48-38-64(53-81(78)91)58-20-8-5-9-21-58/h5-54,56-57,67H,55H2,1-4H3. The van der Waals surface area contributed by atoms with Crippen LogP contribution in [0.3, 0.4) is 0 Å². The molecule has 0 saturated carbocycles. The molecule has 0 radical (unpaired) electrons. The number of hydrogen-bond acceptors (Lipinski definition) is 2. The molecule has 1 heterocycles. The van der Waals surface area contributed by atoms with Crippen molar-refractivity contribution >= 4 is 59.7 Å². The molecule has 1 unspecified atom stereocenters. The van der Waals surface area contributed by atoms with Crippen molar-refractivity contribution in [2.45, 2.75) is 57.0 Å². The van der Waals surface area contributed by atoms with Crippen molar-refractivity contribution in [3.63, 3.8) is 0 Å². The van der Waals surface area contributed by atoms with Crippen LogP contribution in [0.15, 0.2) is 321 Å². The van der Waals surface area contributed by atoms with E-state index in [4.69, 9.17) is 9.97 Å². The van der Waals surface area contributed by atoms with Gasteiger partial charge in [-0.1, -0.05) is 300 Å². The monoisotopic (exact) mass is 1320 g/mol. The number of rotatable bonds is 9. The van der Waals surface area contributed by atoms with Gasteiger partial charge in [0.2, 0.25) is 0 Å². The van der Waals surface area contributed by atoms with E-state index in [1.807, 2.05) is 24.3 Å². The first-order valence-electron chi connectivity index (χ1n) is 35.3. The zero-order chi connectivity index (χ0) is 68.8. The van der Waals surface area contributed by atoms with Crippen molar-refractivity contribution in [2.24, 2.45) is 0 Å². The molecule has 1 aromatic heterocycles. The molecule has 3 aliphatic rings. The minimum atomic E-state index is -4.44. The lowest BCUT2D eigenvalue weighted by Gasteiger charge is -2.30. The van der Waals surface area contributed by atoms with Crippen LogP contribution in [0.4, 0.5) is 13.2 Å². The second-order valence-corrected chi connectivity index (χ2v) is 28.9. The van der Waals surface area contributed by atoms with Crippen LogP contribution in [0.2, 0.25) is 0 Å². The second-order valence-electron chi connectivity index (χ2n) is 28.9. The SMILES string of the molecule is CC1(C)C2=C(C=CC(c3c4ccccc4c(-c4ccc5nc(-c6ccc(-c7ccc8c(c7)-c7ccc(-c9c%10ccccc%10c(-c%10ccc(C(F)(F)F)cc%10)c%10ccc(-c%11ccccc%11)cc9%10)cc7C8(C)C)cc6)c(-c6ccccc6)nc5c4)c4ccc(-c5ccccc5)cc34)C2)c2ccccc21. The summed E-state index contributed by atoms with van der Waals surface area (Å²) in [5.41, 5.74) is 29.0. The molecule has 0 saturated heterocycles. The van der Waals surface area contributed by atoms with E-state index in [0.717, 1.165) is 112 Å². The molecule has 15 aromatic carbocycles. The Bertz CT molecular complexity index is 6220. The topological polar surface area (TPSA) is 25.8 Å². The van der Waals surface area contributed by atoms with Gasteiger partial charge in [0.05, 0.1) is 28.0 Å². The number of fused-ring (bicyclic) bond motifs is 10. The van der Waals surface area contributed by atoms with Crippen molar-refractivity contribution in [2.75, 3.05) is 0 Å². The fraction of sp³-hybridized carbons (Fsp3) is 0.0928. The fourth-order valence-electron chi connectivity index (χ4n) is 17.5. The van der Waals surface area contributed by atoms with Gasteiger partial charge in [0, 0.05) is 27.9 Å². The summed E-state index contributed by atoms with van der Waals surface area (Å²) in [6.07, 6.45) is 1.40. The smallest absolute Gasteiger partial charge is 0.244 e. The molecule has 102 heavy (non-hydrogen) atoms. The number of nitrogens with zero attached hydrogens (tertiary/aromatic N) is 2. The van der Waals surface area contributed by atoms with Crippen LogP contribution < -0.4 is 0 Å². The van der Waals surface area contributed by atoms with Crippen molar-refractivity contribution in [3.05, 3.63) is 354 Å². The minimum Gasteiger partial charge on any atom is -0.244 e. The van der Waals surface area contributed by atoms with E-state index in [1.165, 1.54) is 100 Å². The summed E-state index contributed by atoms with van der Waals surface area (Å²) in [6, 6.07) is 107. The van der Waals surface area contributed by atoms with Crippen LogP contribution >= 0.6 is 0 Å². The molecule has 486 valence electrons. The second kappa shape index (κ2) is 23.3. The van der Waals surface area contributed by atoms with Crippen molar-refractivity contribution in [1.82, 2.24) is 9.97 Å². The van der Waals surface area contributed by atoms with E-state index in [0.29, 0.717) is 0 Å². The molecule has 5 heteroatoms. The summed E-state index contributed by atoms with van der Waals surface area (Å²) in [6.45, 7) is 9.46. The van der Waals surface area contributed by atoms with Gasteiger partial charge in [-0.3, -0.25) is 0 Å². The Morgan fingerprint density at radius 3 is 1.43 bits per heavy atom. The van der Waals surface area contributed by atoms with E-state index < -0.39 is 11.7 Å². The molecule has 0 N–H and O–H groups in total. The minimum absolute atomic E-state index is 0.0780. The highest BCUT2D eigenvalue weighted by atomic mass is 19.4. The molecular formula is C97H67F3N2. The summed E-state index contributed by atoms with van der Waals surface area (Å²) >= 11 is 0. The Balaban J connectivity index is 0.687. The predicted octanol–water partition coefficient (Wildman–Crippen LogP) is 26.7. The maximum absolute atomic E-state index is 14.0. The maximum Gasteiger partial charge on any atom is 0.416 e. The van der Waals surface area contributed by atoms with Crippen LogP contribution in [0.25, 0.3) is 160 Å². The lowest BCUT2D eigenvalue weighted by molar-refractivity contribution is -0.137. The van der Waals surface area contributed by atoms with E-state index in [2.05, 4.69) is 295 Å². The summed E-state index contributed by atoms with van der Waals surface area (Å²) in [4.78, 5) is 11.2. The quantitative estimate of drug-likeness (QED) is 0.135. The number of allylic oxidation sites excluding steroid dienone is 4. The van der Waals surface area contributed by atoms with E-state index in [-0.39, 0.29) is 16.7 Å². The highest BCUT2D eigenvalue weighted by Gasteiger charge is 2.41. The Morgan fingerprint density at radius 1 is 0.314 bits per heavy atom. The zero-order valence-corrected chi connectivity index (χ0v) is 56.8. The molecule has 16 aromatic rings. The number of hydrogen-bond donors (Lipinski definition) is 0. The molecule has 0 bridgehead atoms. The molecule has 0 aliphatic heterocycles. The first-order valence-corrected chi connectivity index (χ1v) is 35.3. The van der Waals surface area contributed by atoms with Crippen molar-refractivity contribution < 1.29 is 13.2 Å². The Morgan fingerprint density at radius 2 is 0.765 bits per heavy atom. The largest absolute Gasteiger partial charge is 0.416 e. The van der Waals surface area contributed by atoms with Gasteiger partial charge in [0.1, 0.15) is 0 Å². The third-order valence-corrected chi connectivity index (χ3v) is 22.5. The van der Waals surface area contributed by atoms with Crippen molar-refractivity contribution in [3.8, 4) is 100 Å². The lowest BCUT2D eigenvalue weighted by atomic mass is 9.73. The number of benzene rings is 15. The normalized spacial score (nSPS) is 15.0. The Kier molecular flexibility index (Phi) is 13.9. The molecular weight excluding hydrogens is 1250 g/mol. The van der Waals surface area contributed by atoms with Crippen LogP contribution in [0, 0.1) is 0 Å². The molecule has 0 amide bonds. The van der Waals surface area contributed by atoms with Crippen LogP contribution in [0.1, 0.15) is 73.4 Å². The van der Waals surface area contributed by atoms with Crippen LogP contribution in [0.5, 0.6) is 0 Å². The van der Waals surface area contributed by atoms with Gasteiger partial charge in [-0.25, -0.2) is 9.97 Å². The van der Waals surface area contributed by atoms with Crippen LogP contribution in [-0.4, -0.2) is 9.97 Å². The fourth-order valence-corrected chi connectivity index (χ4v) is 17.5. The van der Waals surface area contributed by atoms with E-state index >= 15 is 0 Å². The van der Waals surface area contributed by atoms with Crippen molar-refractivity contribution in [1.29, 1.82) is 0 Å². The number of aromatic nitrogens is 2. The third-order valence-electron chi connectivity index (χ3n) is 22.5. The van der Waals surface area contributed by atoms with Gasteiger partial charge in [-0.2, -0.15) is 13.2 Å². The maximum atomic E-state index is 14.0. The average Bonchev–Trinajstić information content (AvgIpc) is 1.23. The number of halogens is 3. The highest BCUT2D eigenvalue weighted by molar-refractivity contribution is 6.22. The zero-order valence-electron chi connectivity index (χ0n) is 56.8. The molecule has 0 fully saturated rings. The first kappa shape index (κ1) is 61.1. The van der Waals surface area contributed by atoms with Crippen LogP contribution in [-0.2, 0) is 17.0 Å². The first-order chi connectivity index (χ1) is 49.7. The van der Waals surface area contributed by atoms with Gasteiger partial charge in [0.15, 0.2) is 0 Å². The summed E-state index contributed by atoms with van der Waals surface area (Å²) in [5.74, 6) is 0.162. The molecule has 19 rings (SSSR count). The number of alkyl halides is 3. The predicted molar refractivity (Wildman–Crippen MR) is 419 cm³/mol. The Hall–Kier alpha value is -12.1. The molecule has 1 atom stereocenters. The summed E-state index contributed by atoms with van der Waals surface area (Å²) in [7, 11) is 0. The van der Waals surface area contributed by atoms with Gasteiger partial charge in [-0.05, 0) is 209 Å². The molecule has 3 aliphatic carbocycles. The van der Waals surface area contributed by atoms with E-state index in [9.17, 15) is 13.2 Å². The lowest BCUT2D eigenvalue weighted by Crippen LogP contribution is -2.19. The molecule has 2 nitrogen and oxygen atoms in total. The van der Waals surface area contributed by atoms with Gasteiger partial charge < -0.3 is 0 Å². The van der Waals surface area contributed by atoms with Gasteiger partial charge in [0.25, 0.3) is 0 Å². The van der Waals surface area contributed by atoms with E-state index in [1.54, 1.807) is 12.1 Å². The summed E-state index contributed by atoms with van der Waals surface area (Å²) in [5, 5.41) is 8.98. The Labute approximate surface area is 591 Å². The molecule has 0 spiro atoms. The third kappa shape index (κ3) is 9.76. The van der Waals surface area contributed by atoms with Gasteiger partial charge in [-0.15, -0.1) is 0 Å².